The molecule has 0 bridgehead atoms. The Hall–Kier alpha value is -2.99. The van der Waals surface area contributed by atoms with Gasteiger partial charge in [-0.2, -0.15) is 10.1 Å². The SMILES string of the molecule is Cc1cccc(C2=NN(c3nc4ccccc4s3)C(=O)C2=CN(C)C)c1. The van der Waals surface area contributed by atoms with Crippen molar-refractivity contribution in [1.29, 1.82) is 0 Å². The number of carbonyl (C=O) groups is 1. The Balaban J connectivity index is 1.84. The number of thiazole rings is 1. The van der Waals surface area contributed by atoms with Gasteiger partial charge in [0, 0.05) is 25.9 Å². The van der Waals surface area contributed by atoms with Crippen LogP contribution in [0.5, 0.6) is 0 Å². The van der Waals surface area contributed by atoms with Gasteiger partial charge < -0.3 is 4.90 Å². The van der Waals surface area contributed by atoms with E-state index in [0.29, 0.717) is 16.4 Å². The van der Waals surface area contributed by atoms with Crippen LogP contribution in [0.3, 0.4) is 0 Å². The first-order chi connectivity index (χ1) is 12.5. The van der Waals surface area contributed by atoms with Crippen LogP contribution < -0.4 is 5.01 Å². The molecule has 1 aliphatic rings. The molecule has 6 heteroatoms. The normalized spacial score (nSPS) is 15.8. The fraction of sp³-hybridized carbons (Fsp3) is 0.150. The van der Waals surface area contributed by atoms with Crippen LogP contribution in [-0.4, -0.2) is 35.6 Å². The molecule has 0 atom stereocenters. The molecule has 0 saturated carbocycles. The van der Waals surface area contributed by atoms with E-state index in [1.165, 1.54) is 16.3 Å². The minimum Gasteiger partial charge on any atom is -0.383 e. The maximum Gasteiger partial charge on any atom is 0.284 e. The smallest absolute Gasteiger partial charge is 0.284 e. The number of amides is 1. The van der Waals surface area contributed by atoms with Gasteiger partial charge in [-0.25, -0.2) is 4.98 Å². The molecule has 5 nitrogen and oxygen atoms in total. The molecule has 26 heavy (non-hydrogen) atoms. The Morgan fingerprint density at radius 3 is 2.65 bits per heavy atom. The summed E-state index contributed by atoms with van der Waals surface area (Å²) in [5.74, 6) is -0.158. The molecule has 0 unspecified atom stereocenters. The van der Waals surface area contributed by atoms with Gasteiger partial charge in [-0.05, 0) is 25.1 Å². The monoisotopic (exact) mass is 362 g/mol. The van der Waals surface area contributed by atoms with Gasteiger partial charge in [-0.3, -0.25) is 4.79 Å². The van der Waals surface area contributed by atoms with E-state index in [-0.39, 0.29) is 5.91 Å². The first-order valence-corrected chi connectivity index (χ1v) is 9.09. The summed E-state index contributed by atoms with van der Waals surface area (Å²) < 4.78 is 1.03. The topological polar surface area (TPSA) is 48.8 Å². The van der Waals surface area contributed by atoms with Gasteiger partial charge in [0.1, 0.15) is 5.71 Å². The van der Waals surface area contributed by atoms with E-state index < -0.39 is 0 Å². The number of para-hydroxylation sites is 1. The highest BCUT2D eigenvalue weighted by molar-refractivity contribution is 7.22. The Morgan fingerprint density at radius 2 is 1.92 bits per heavy atom. The molecule has 0 N–H and O–H groups in total. The molecule has 2 aromatic carbocycles. The Bertz CT molecular complexity index is 1030. The molecule has 0 radical (unpaired) electrons. The number of anilines is 1. The number of nitrogens with zero attached hydrogens (tertiary/aromatic N) is 4. The van der Waals surface area contributed by atoms with Crippen LogP contribution in [0.2, 0.25) is 0 Å². The van der Waals surface area contributed by atoms with Gasteiger partial charge in [0.25, 0.3) is 5.91 Å². The highest BCUT2D eigenvalue weighted by Gasteiger charge is 2.34. The third kappa shape index (κ3) is 2.88. The number of aromatic nitrogens is 1. The number of benzene rings is 2. The molecule has 0 fully saturated rings. The lowest BCUT2D eigenvalue weighted by molar-refractivity contribution is -0.114. The van der Waals surface area contributed by atoms with Crippen molar-refractivity contribution in [2.75, 3.05) is 19.1 Å². The maximum absolute atomic E-state index is 13.1. The van der Waals surface area contributed by atoms with E-state index in [4.69, 9.17) is 0 Å². The second kappa shape index (κ2) is 6.38. The van der Waals surface area contributed by atoms with Crippen molar-refractivity contribution in [3.8, 4) is 0 Å². The third-order valence-electron chi connectivity index (χ3n) is 4.02. The largest absolute Gasteiger partial charge is 0.383 e. The summed E-state index contributed by atoms with van der Waals surface area (Å²) in [5, 5.41) is 6.63. The molecule has 0 saturated heterocycles. The molecular formula is C20H18N4OS. The van der Waals surface area contributed by atoms with Crippen molar-refractivity contribution in [1.82, 2.24) is 9.88 Å². The average molecular weight is 362 g/mol. The second-order valence-electron chi connectivity index (χ2n) is 6.41. The van der Waals surface area contributed by atoms with Crippen molar-refractivity contribution in [3.05, 3.63) is 71.4 Å². The molecule has 4 rings (SSSR count). The molecular weight excluding hydrogens is 344 g/mol. The number of hydrogen-bond acceptors (Lipinski definition) is 5. The molecule has 130 valence electrons. The van der Waals surface area contributed by atoms with Crippen LogP contribution in [-0.2, 0) is 4.79 Å². The first-order valence-electron chi connectivity index (χ1n) is 8.27. The predicted molar refractivity (Wildman–Crippen MR) is 107 cm³/mol. The van der Waals surface area contributed by atoms with E-state index in [0.717, 1.165) is 21.3 Å². The Kier molecular flexibility index (Phi) is 4.05. The van der Waals surface area contributed by atoms with Crippen molar-refractivity contribution in [2.24, 2.45) is 5.10 Å². The van der Waals surface area contributed by atoms with Crippen molar-refractivity contribution in [3.63, 3.8) is 0 Å². The molecule has 0 spiro atoms. The van der Waals surface area contributed by atoms with E-state index in [1.807, 2.05) is 80.6 Å². The standard InChI is InChI=1S/C20H18N4OS/c1-13-7-6-8-14(11-13)18-15(12-23(2)3)19(25)24(22-18)20-21-16-9-4-5-10-17(16)26-20/h4-12H,1-3H3. The van der Waals surface area contributed by atoms with E-state index in [9.17, 15) is 4.79 Å². The summed E-state index contributed by atoms with van der Waals surface area (Å²) in [6, 6.07) is 15.9. The molecule has 3 aromatic rings. The summed E-state index contributed by atoms with van der Waals surface area (Å²) in [7, 11) is 3.79. The fourth-order valence-corrected chi connectivity index (χ4v) is 3.79. The summed E-state index contributed by atoms with van der Waals surface area (Å²) in [5.41, 5.74) is 4.17. The zero-order chi connectivity index (χ0) is 18.3. The van der Waals surface area contributed by atoms with Crippen LogP contribution in [0.1, 0.15) is 11.1 Å². The van der Waals surface area contributed by atoms with Gasteiger partial charge >= 0.3 is 0 Å². The minimum atomic E-state index is -0.158. The van der Waals surface area contributed by atoms with E-state index in [1.54, 1.807) is 0 Å². The summed E-state index contributed by atoms with van der Waals surface area (Å²) in [4.78, 5) is 19.5. The lowest BCUT2D eigenvalue weighted by atomic mass is 10.0. The maximum atomic E-state index is 13.1. The summed E-state index contributed by atoms with van der Waals surface area (Å²) in [6.45, 7) is 2.03. The number of carbonyl (C=O) groups excluding carboxylic acids is 1. The molecule has 1 amide bonds. The Morgan fingerprint density at radius 1 is 1.12 bits per heavy atom. The highest BCUT2D eigenvalue weighted by Crippen LogP contribution is 2.33. The molecule has 1 aromatic heterocycles. The summed E-state index contributed by atoms with van der Waals surface area (Å²) >= 11 is 1.47. The number of hydrogen-bond donors (Lipinski definition) is 0. The molecule has 2 heterocycles. The van der Waals surface area contributed by atoms with E-state index >= 15 is 0 Å². The van der Waals surface area contributed by atoms with Gasteiger partial charge in [0.05, 0.1) is 15.8 Å². The lowest BCUT2D eigenvalue weighted by Crippen LogP contribution is -2.22. The quantitative estimate of drug-likeness (QED) is 0.666. The zero-order valence-electron chi connectivity index (χ0n) is 14.8. The van der Waals surface area contributed by atoms with Crippen molar-refractivity contribution >= 4 is 38.3 Å². The zero-order valence-corrected chi connectivity index (χ0v) is 15.6. The number of hydrazone groups is 1. The highest BCUT2D eigenvalue weighted by atomic mass is 32.1. The van der Waals surface area contributed by atoms with Gasteiger partial charge in [-0.15, -0.1) is 0 Å². The van der Waals surface area contributed by atoms with Gasteiger partial charge in [0.15, 0.2) is 0 Å². The number of rotatable bonds is 3. The van der Waals surface area contributed by atoms with Crippen molar-refractivity contribution < 1.29 is 4.79 Å². The van der Waals surface area contributed by atoms with Crippen LogP contribution in [0.25, 0.3) is 10.2 Å². The fourth-order valence-electron chi connectivity index (χ4n) is 2.88. The minimum absolute atomic E-state index is 0.158. The third-order valence-corrected chi connectivity index (χ3v) is 5.03. The van der Waals surface area contributed by atoms with Crippen molar-refractivity contribution in [2.45, 2.75) is 6.92 Å². The average Bonchev–Trinajstić information content (AvgIpc) is 3.16. The van der Waals surface area contributed by atoms with Crippen LogP contribution in [0.4, 0.5) is 5.13 Å². The lowest BCUT2D eigenvalue weighted by Gasteiger charge is -2.09. The second-order valence-corrected chi connectivity index (χ2v) is 7.41. The van der Waals surface area contributed by atoms with E-state index in [2.05, 4.69) is 10.1 Å². The predicted octanol–water partition coefficient (Wildman–Crippen LogP) is 3.80. The first kappa shape index (κ1) is 16.5. The molecule has 0 aliphatic carbocycles. The van der Waals surface area contributed by atoms with Crippen LogP contribution in [0, 0.1) is 6.92 Å². The van der Waals surface area contributed by atoms with Crippen LogP contribution in [0.15, 0.2) is 65.4 Å². The number of aryl methyl sites for hydroxylation is 1. The molecule has 1 aliphatic heterocycles. The number of fused-ring (bicyclic) bond motifs is 1. The van der Waals surface area contributed by atoms with Gasteiger partial charge in [-0.1, -0.05) is 47.2 Å². The summed E-state index contributed by atoms with van der Waals surface area (Å²) in [6.07, 6.45) is 1.82. The Labute approximate surface area is 155 Å². The van der Waals surface area contributed by atoms with Gasteiger partial charge in [0.2, 0.25) is 5.13 Å². The van der Waals surface area contributed by atoms with Crippen LogP contribution >= 0.6 is 11.3 Å².